The quantitative estimate of drug-likeness (QED) is 0.629. The third-order valence-electron chi connectivity index (χ3n) is 7.91. The predicted molar refractivity (Wildman–Crippen MR) is 91.6 cm³/mol. The average Bonchev–Trinajstić information content (AvgIpc) is 2.94. The Morgan fingerprint density at radius 2 is 2.00 bits per heavy atom. The third-order valence-corrected chi connectivity index (χ3v) is 7.91. The summed E-state index contributed by atoms with van der Waals surface area (Å²) in [6, 6.07) is 0. The fraction of sp³-hybridized carbons (Fsp3) is 0.905. The van der Waals surface area contributed by atoms with Crippen LogP contribution in [0.2, 0.25) is 0 Å². The number of ether oxygens (including phenoxy) is 1. The van der Waals surface area contributed by atoms with Crippen molar-refractivity contribution in [2.75, 3.05) is 13.2 Å². The van der Waals surface area contributed by atoms with Crippen LogP contribution in [0.25, 0.3) is 0 Å². The number of hydrogen-bond acceptors (Lipinski definition) is 1. The topological polar surface area (TPSA) is 9.23 Å². The van der Waals surface area contributed by atoms with Crippen molar-refractivity contribution in [1.29, 1.82) is 0 Å². The number of fused-ring (bicyclic) bond motifs is 5. The van der Waals surface area contributed by atoms with Gasteiger partial charge in [0.15, 0.2) is 0 Å². The van der Waals surface area contributed by atoms with E-state index in [1.807, 2.05) is 0 Å². The van der Waals surface area contributed by atoms with Crippen molar-refractivity contribution in [3.63, 3.8) is 0 Å². The first-order chi connectivity index (χ1) is 10.7. The standard InChI is InChI=1S/C21H34O/c1-3-22-14-16-13-15-7-4-5-8-17(15)18-10-12-21(2)11-6-9-19(21)20(16)18/h6,11,15-20H,3-5,7-10,12-14H2,1-2H3/t15?,16?,17-,18+,19-,20+,21-/m0/s1. The van der Waals surface area contributed by atoms with Crippen LogP contribution >= 0.6 is 0 Å². The van der Waals surface area contributed by atoms with Crippen molar-refractivity contribution in [3.05, 3.63) is 12.2 Å². The van der Waals surface area contributed by atoms with Crippen LogP contribution in [0, 0.1) is 40.9 Å². The zero-order chi connectivity index (χ0) is 15.2. The van der Waals surface area contributed by atoms with Gasteiger partial charge in [-0.1, -0.05) is 38.3 Å². The Labute approximate surface area is 136 Å². The van der Waals surface area contributed by atoms with E-state index in [0.29, 0.717) is 5.41 Å². The molecule has 1 heteroatoms. The van der Waals surface area contributed by atoms with Gasteiger partial charge < -0.3 is 4.74 Å². The lowest BCUT2D eigenvalue weighted by Gasteiger charge is -2.57. The first kappa shape index (κ1) is 15.2. The van der Waals surface area contributed by atoms with E-state index < -0.39 is 0 Å². The van der Waals surface area contributed by atoms with E-state index >= 15 is 0 Å². The summed E-state index contributed by atoms with van der Waals surface area (Å²) in [6.45, 7) is 6.63. The molecule has 1 nitrogen and oxygen atoms in total. The van der Waals surface area contributed by atoms with Gasteiger partial charge in [-0.25, -0.2) is 0 Å². The molecule has 0 aliphatic heterocycles. The van der Waals surface area contributed by atoms with Crippen molar-refractivity contribution in [3.8, 4) is 0 Å². The Balaban J connectivity index is 1.61. The highest BCUT2D eigenvalue weighted by Gasteiger charge is 2.54. The molecular formula is C21H34O. The fourth-order valence-electron chi connectivity index (χ4n) is 6.98. The van der Waals surface area contributed by atoms with Crippen LogP contribution in [0.3, 0.4) is 0 Å². The lowest BCUT2D eigenvalue weighted by Crippen LogP contribution is -2.51. The Morgan fingerprint density at radius 1 is 1.14 bits per heavy atom. The van der Waals surface area contributed by atoms with Gasteiger partial charge in [0.25, 0.3) is 0 Å². The van der Waals surface area contributed by atoms with Crippen LogP contribution in [0.15, 0.2) is 12.2 Å². The van der Waals surface area contributed by atoms with Gasteiger partial charge in [-0.2, -0.15) is 0 Å². The third kappa shape index (κ3) is 2.39. The van der Waals surface area contributed by atoms with Crippen molar-refractivity contribution in [1.82, 2.24) is 0 Å². The minimum absolute atomic E-state index is 0.507. The maximum Gasteiger partial charge on any atom is 0.0497 e. The molecule has 2 unspecified atom stereocenters. The van der Waals surface area contributed by atoms with Gasteiger partial charge in [0.2, 0.25) is 0 Å². The molecule has 22 heavy (non-hydrogen) atoms. The molecular weight excluding hydrogens is 268 g/mol. The summed E-state index contributed by atoms with van der Waals surface area (Å²) in [4.78, 5) is 0. The summed E-state index contributed by atoms with van der Waals surface area (Å²) in [5.74, 6) is 5.80. The molecule has 0 aromatic heterocycles. The Hall–Kier alpha value is -0.300. The molecule has 0 radical (unpaired) electrons. The van der Waals surface area contributed by atoms with E-state index in [2.05, 4.69) is 26.0 Å². The molecule has 0 aromatic rings. The van der Waals surface area contributed by atoms with Crippen LogP contribution in [-0.2, 0) is 4.74 Å². The van der Waals surface area contributed by atoms with Crippen molar-refractivity contribution in [2.45, 2.75) is 65.2 Å². The van der Waals surface area contributed by atoms with Gasteiger partial charge in [0.1, 0.15) is 0 Å². The highest BCUT2D eigenvalue weighted by Crippen LogP contribution is 2.62. The second kappa shape index (κ2) is 5.96. The summed E-state index contributed by atoms with van der Waals surface area (Å²) < 4.78 is 5.96. The predicted octanol–water partition coefficient (Wildman–Crippen LogP) is 5.46. The Morgan fingerprint density at radius 3 is 2.86 bits per heavy atom. The van der Waals surface area contributed by atoms with E-state index in [1.165, 1.54) is 51.4 Å². The molecule has 0 saturated heterocycles. The van der Waals surface area contributed by atoms with Gasteiger partial charge in [0, 0.05) is 13.2 Å². The van der Waals surface area contributed by atoms with Gasteiger partial charge in [-0.15, -0.1) is 0 Å². The maximum atomic E-state index is 5.96. The van der Waals surface area contributed by atoms with Crippen molar-refractivity contribution < 1.29 is 4.74 Å². The fourth-order valence-corrected chi connectivity index (χ4v) is 6.98. The zero-order valence-electron chi connectivity index (χ0n) is 14.6. The first-order valence-corrected chi connectivity index (χ1v) is 9.98. The maximum absolute atomic E-state index is 5.96. The van der Waals surface area contributed by atoms with E-state index in [0.717, 1.165) is 48.7 Å². The molecule has 0 spiro atoms. The molecule has 0 aromatic carbocycles. The second-order valence-corrected chi connectivity index (χ2v) is 8.89. The van der Waals surface area contributed by atoms with E-state index in [9.17, 15) is 0 Å². The van der Waals surface area contributed by atoms with Gasteiger partial charge in [0.05, 0.1) is 0 Å². The monoisotopic (exact) mass is 302 g/mol. The van der Waals surface area contributed by atoms with Gasteiger partial charge in [-0.3, -0.25) is 0 Å². The minimum atomic E-state index is 0.507. The second-order valence-electron chi connectivity index (χ2n) is 8.89. The molecule has 0 bridgehead atoms. The highest BCUT2D eigenvalue weighted by atomic mass is 16.5. The van der Waals surface area contributed by atoms with E-state index in [1.54, 1.807) is 0 Å². The van der Waals surface area contributed by atoms with Gasteiger partial charge in [-0.05, 0) is 80.0 Å². The van der Waals surface area contributed by atoms with Gasteiger partial charge >= 0.3 is 0 Å². The molecule has 3 saturated carbocycles. The number of hydrogen-bond donors (Lipinski definition) is 0. The van der Waals surface area contributed by atoms with Crippen LogP contribution in [-0.4, -0.2) is 13.2 Å². The molecule has 0 heterocycles. The highest BCUT2D eigenvalue weighted by molar-refractivity contribution is 5.15. The lowest BCUT2D eigenvalue weighted by atomic mass is 9.48. The molecule has 0 N–H and O–H groups in total. The molecule has 4 rings (SSSR count). The van der Waals surface area contributed by atoms with Crippen LogP contribution in [0.5, 0.6) is 0 Å². The molecule has 0 amide bonds. The Kier molecular flexibility index (Phi) is 4.13. The zero-order valence-corrected chi connectivity index (χ0v) is 14.6. The van der Waals surface area contributed by atoms with Crippen LogP contribution < -0.4 is 0 Å². The van der Waals surface area contributed by atoms with Crippen LogP contribution in [0.1, 0.15) is 65.2 Å². The largest absolute Gasteiger partial charge is 0.381 e. The summed E-state index contributed by atoms with van der Waals surface area (Å²) in [7, 11) is 0. The summed E-state index contributed by atoms with van der Waals surface area (Å²) in [5, 5.41) is 0. The SMILES string of the molecule is CCOCC1CC2CCCC[C@@H]2[C@H]2CC[C@]3(C)C=CC[C@H]3[C@H]12. The average molecular weight is 303 g/mol. The van der Waals surface area contributed by atoms with Crippen molar-refractivity contribution >= 4 is 0 Å². The summed E-state index contributed by atoms with van der Waals surface area (Å²) >= 11 is 0. The van der Waals surface area contributed by atoms with Crippen LogP contribution in [0.4, 0.5) is 0 Å². The summed E-state index contributed by atoms with van der Waals surface area (Å²) in [6.07, 6.45) is 16.8. The molecule has 7 atom stereocenters. The Bertz CT molecular complexity index is 428. The molecule has 124 valence electrons. The van der Waals surface area contributed by atoms with E-state index in [4.69, 9.17) is 4.74 Å². The smallest absolute Gasteiger partial charge is 0.0497 e. The van der Waals surface area contributed by atoms with E-state index in [-0.39, 0.29) is 0 Å². The normalized spacial score (nSPS) is 50.3. The minimum Gasteiger partial charge on any atom is -0.381 e. The molecule has 3 fully saturated rings. The summed E-state index contributed by atoms with van der Waals surface area (Å²) in [5.41, 5.74) is 0.507. The number of rotatable bonds is 3. The first-order valence-electron chi connectivity index (χ1n) is 9.98. The lowest BCUT2D eigenvalue weighted by molar-refractivity contribution is -0.0958. The molecule has 4 aliphatic rings. The van der Waals surface area contributed by atoms with Crippen molar-refractivity contribution in [2.24, 2.45) is 40.9 Å². The number of allylic oxidation sites excluding steroid dienone is 2. The molecule has 4 aliphatic carbocycles.